The van der Waals surface area contributed by atoms with Gasteiger partial charge in [-0.2, -0.15) is 4.68 Å². The summed E-state index contributed by atoms with van der Waals surface area (Å²) >= 11 is 0. The predicted octanol–water partition coefficient (Wildman–Crippen LogP) is 2.86. The minimum absolute atomic E-state index is 0.221. The third kappa shape index (κ3) is 3.44. The average Bonchev–Trinajstić information content (AvgIpc) is 3.13. The molecule has 8 heteroatoms. The number of hydrogen-bond acceptors (Lipinski definition) is 7. The molecule has 0 amide bonds. The summed E-state index contributed by atoms with van der Waals surface area (Å²) in [5, 5.41) is 4.16. The van der Waals surface area contributed by atoms with Gasteiger partial charge in [0.2, 0.25) is 5.75 Å². The molecule has 8 nitrogen and oxygen atoms in total. The predicted molar refractivity (Wildman–Crippen MR) is 104 cm³/mol. The lowest BCUT2D eigenvalue weighted by atomic mass is 10.1. The molecule has 0 bridgehead atoms. The highest BCUT2D eigenvalue weighted by Gasteiger charge is 2.21. The Kier molecular flexibility index (Phi) is 5.39. The third-order valence-electron chi connectivity index (χ3n) is 4.20. The van der Waals surface area contributed by atoms with Crippen molar-refractivity contribution >= 4 is 11.7 Å². The van der Waals surface area contributed by atoms with Crippen LogP contribution in [0.25, 0.3) is 11.3 Å². The van der Waals surface area contributed by atoms with Gasteiger partial charge in [-0.1, -0.05) is 12.1 Å². The highest BCUT2D eigenvalue weighted by molar-refractivity contribution is 5.99. The first-order valence-electron chi connectivity index (χ1n) is 8.37. The fourth-order valence-electron chi connectivity index (χ4n) is 2.87. The Morgan fingerprint density at radius 1 is 0.929 bits per heavy atom. The van der Waals surface area contributed by atoms with Gasteiger partial charge in [0.1, 0.15) is 11.6 Å². The van der Waals surface area contributed by atoms with Gasteiger partial charge >= 0.3 is 0 Å². The Morgan fingerprint density at radius 2 is 1.61 bits per heavy atom. The van der Waals surface area contributed by atoms with Crippen molar-refractivity contribution in [2.75, 3.05) is 34.2 Å². The molecule has 1 heterocycles. The summed E-state index contributed by atoms with van der Waals surface area (Å²) in [7, 11) is 6.04. The van der Waals surface area contributed by atoms with E-state index in [4.69, 9.17) is 24.7 Å². The molecule has 0 unspecified atom stereocenters. The Balaban J connectivity index is 2.11. The summed E-state index contributed by atoms with van der Waals surface area (Å²) in [6.45, 7) is 0. The largest absolute Gasteiger partial charge is 0.497 e. The fourth-order valence-corrected chi connectivity index (χ4v) is 2.87. The van der Waals surface area contributed by atoms with Crippen molar-refractivity contribution in [2.45, 2.75) is 0 Å². The number of nitrogens with two attached hydrogens (primary N) is 1. The molecule has 0 saturated carbocycles. The van der Waals surface area contributed by atoms with Crippen molar-refractivity contribution in [3.63, 3.8) is 0 Å². The number of rotatable bonds is 6. The van der Waals surface area contributed by atoms with Crippen LogP contribution in [-0.4, -0.2) is 44.1 Å². The SMILES string of the molecule is COc1cccc(-c2cc(N)nn2C(=O)c2cc(OC)c(OC)c(OC)c2)c1. The van der Waals surface area contributed by atoms with Crippen LogP contribution in [0.4, 0.5) is 5.82 Å². The highest BCUT2D eigenvalue weighted by Crippen LogP contribution is 2.38. The topological polar surface area (TPSA) is 97.8 Å². The number of nitrogen functional groups attached to an aromatic ring is 1. The zero-order valence-corrected chi connectivity index (χ0v) is 16.1. The van der Waals surface area contributed by atoms with E-state index in [1.165, 1.54) is 26.0 Å². The van der Waals surface area contributed by atoms with E-state index in [-0.39, 0.29) is 5.82 Å². The van der Waals surface area contributed by atoms with Crippen molar-refractivity contribution in [1.29, 1.82) is 0 Å². The van der Waals surface area contributed by atoms with Gasteiger partial charge in [-0.25, -0.2) is 0 Å². The van der Waals surface area contributed by atoms with Crippen molar-refractivity contribution in [3.8, 4) is 34.3 Å². The highest BCUT2D eigenvalue weighted by atomic mass is 16.5. The molecular weight excluding hydrogens is 362 g/mol. The summed E-state index contributed by atoms with van der Waals surface area (Å²) in [6.07, 6.45) is 0. The zero-order chi connectivity index (χ0) is 20.3. The van der Waals surface area contributed by atoms with Crippen LogP contribution < -0.4 is 24.7 Å². The number of anilines is 1. The number of carbonyl (C=O) groups excluding carboxylic acids is 1. The van der Waals surface area contributed by atoms with Crippen LogP contribution in [0.5, 0.6) is 23.0 Å². The van der Waals surface area contributed by atoms with E-state index in [1.54, 1.807) is 31.4 Å². The van der Waals surface area contributed by atoms with Crippen molar-refractivity contribution < 1.29 is 23.7 Å². The third-order valence-corrected chi connectivity index (χ3v) is 4.20. The molecule has 0 radical (unpaired) electrons. The Labute approximate surface area is 162 Å². The maximum atomic E-state index is 13.2. The molecule has 1 aromatic heterocycles. The van der Waals surface area contributed by atoms with E-state index in [9.17, 15) is 4.79 Å². The van der Waals surface area contributed by atoms with E-state index in [0.29, 0.717) is 34.3 Å². The standard InChI is InChI=1S/C20H21N3O5/c1-25-14-7-5-6-12(8-14)15-11-18(21)22-23(15)20(24)13-9-16(26-2)19(28-4)17(10-13)27-3/h5-11H,1-4H3,(H2,21,22). The normalized spacial score (nSPS) is 10.4. The van der Waals surface area contributed by atoms with E-state index in [0.717, 1.165) is 5.56 Å². The van der Waals surface area contributed by atoms with Crippen molar-refractivity contribution in [2.24, 2.45) is 0 Å². The zero-order valence-electron chi connectivity index (χ0n) is 16.1. The molecule has 0 aliphatic heterocycles. The number of hydrogen-bond donors (Lipinski definition) is 1. The average molecular weight is 383 g/mol. The number of aromatic nitrogens is 2. The summed E-state index contributed by atoms with van der Waals surface area (Å²) in [6, 6.07) is 12.0. The first kappa shape index (κ1) is 19.1. The van der Waals surface area contributed by atoms with Crippen LogP contribution in [0, 0.1) is 0 Å². The van der Waals surface area contributed by atoms with E-state index >= 15 is 0 Å². The summed E-state index contributed by atoms with van der Waals surface area (Å²) in [5.41, 5.74) is 7.46. The lowest BCUT2D eigenvalue weighted by molar-refractivity contribution is 0.0946. The number of benzene rings is 2. The van der Waals surface area contributed by atoms with Crippen molar-refractivity contribution in [1.82, 2.24) is 9.78 Å². The monoisotopic (exact) mass is 383 g/mol. The smallest absolute Gasteiger partial charge is 0.279 e. The van der Waals surface area contributed by atoms with E-state index in [2.05, 4.69) is 5.10 Å². The first-order chi connectivity index (χ1) is 13.5. The second kappa shape index (κ2) is 7.91. The Bertz CT molecular complexity index is 988. The maximum absolute atomic E-state index is 13.2. The van der Waals surface area contributed by atoms with Crippen LogP contribution in [0.1, 0.15) is 10.4 Å². The molecule has 3 rings (SSSR count). The summed E-state index contributed by atoms with van der Waals surface area (Å²) < 4.78 is 22.5. The van der Waals surface area contributed by atoms with Gasteiger partial charge in [-0.05, 0) is 24.3 Å². The van der Waals surface area contributed by atoms with Gasteiger partial charge in [-0.3, -0.25) is 4.79 Å². The molecule has 146 valence electrons. The summed E-state index contributed by atoms with van der Waals surface area (Å²) in [5.74, 6) is 1.62. The second-order valence-corrected chi connectivity index (χ2v) is 5.82. The molecule has 28 heavy (non-hydrogen) atoms. The fraction of sp³-hybridized carbons (Fsp3) is 0.200. The second-order valence-electron chi connectivity index (χ2n) is 5.82. The van der Waals surface area contributed by atoms with Crippen molar-refractivity contribution in [3.05, 3.63) is 48.0 Å². The number of methoxy groups -OCH3 is 4. The molecule has 2 aromatic carbocycles. The molecule has 0 saturated heterocycles. The Hall–Kier alpha value is -3.68. The van der Waals surface area contributed by atoms with Crippen LogP contribution in [0.15, 0.2) is 42.5 Å². The molecule has 0 spiro atoms. The van der Waals surface area contributed by atoms with Gasteiger partial charge in [-0.15, -0.1) is 5.10 Å². The first-order valence-corrected chi connectivity index (χ1v) is 8.37. The van der Waals surface area contributed by atoms with Crippen LogP contribution in [-0.2, 0) is 0 Å². The minimum Gasteiger partial charge on any atom is -0.497 e. The lowest BCUT2D eigenvalue weighted by Gasteiger charge is -2.14. The molecule has 0 aliphatic rings. The number of ether oxygens (including phenoxy) is 4. The molecule has 2 N–H and O–H groups in total. The molecule has 0 aliphatic carbocycles. The van der Waals surface area contributed by atoms with Gasteiger partial charge in [0.25, 0.3) is 5.91 Å². The number of nitrogens with zero attached hydrogens (tertiary/aromatic N) is 2. The number of carbonyl (C=O) groups is 1. The summed E-state index contributed by atoms with van der Waals surface area (Å²) in [4.78, 5) is 13.2. The lowest BCUT2D eigenvalue weighted by Crippen LogP contribution is -2.16. The van der Waals surface area contributed by atoms with Gasteiger partial charge in [0, 0.05) is 17.2 Å². The van der Waals surface area contributed by atoms with E-state index in [1.807, 2.05) is 18.2 Å². The van der Waals surface area contributed by atoms with Crippen LogP contribution >= 0.6 is 0 Å². The maximum Gasteiger partial charge on any atom is 0.279 e. The molecule has 3 aromatic rings. The molecule has 0 atom stereocenters. The Morgan fingerprint density at radius 3 is 2.18 bits per heavy atom. The van der Waals surface area contributed by atoms with Gasteiger partial charge in [0.05, 0.1) is 34.1 Å². The molecule has 0 fully saturated rings. The molecular formula is C20H21N3O5. The van der Waals surface area contributed by atoms with Gasteiger partial charge in [0.15, 0.2) is 11.5 Å². The van der Waals surface area contributed by atoms with Gasteiger partial charge < -0.3 is 24.7 Å². The van der Waals surface area contributed by atoms with E-state index < -0.39 is 5.91 Å². The quantitative estimate of drug-likeness (QED) is 0.699. The van der Waals surface area contributed by atoms with Crippen LogP contribution in [0.3, 0.4) is 0 Å². The minimum atomic E-state index is -0.395. The van der Waals surface area contributed by atoms with Crippen LogP contribution in [0.2, 0.25) is 0 Å².